The van der Waals surface area contributed by atoms with Crippen molar-refractivity contribution in [2.45, 2.75) is 46.5 Å². The first kappa shape index (κ1) is 13.2. The average Bonchev–Trinajstić information content (AvgIpc) is 2.29. The van der Waals surface area contributed by atoms with Crippen LogP contribution in [-0.2, 0) is 0 Å². The van der Waals surface area contributed by atoms with Crippen LogP contribution in [0, 0.1) is 5.92 Å². The maximum absolute atomic E-state index is 8.89. The summed E-state index contributed by atoms with van der Waals surface area (Å²) >= 11 is 0. The van der Waals surface area contributed by atoms with Crippen LogP contribution in [0.4, 0.5) is 0 Å². The van der Waals surface area contributed by atoms with Gasteiger partial charge in [-0.2, -0.15) is 0 Å². The molecule has 0 saturated carbocycles. The zero-order chi connectivity index (χ0) is 12.0. The maximum atomic E-state index is 8.89. The van der Waals surface area contributed by atoms with Crippen molar-refractivity contribution < 1.29 is 5.11 Å². The van der Waals surface area contributed by atoms with Crippen molar-refractivity contribution in [3.63, 3.8) is 0 Å². The Morgan fingerprint density at radius 1 is 1.44 bits per heavy atom. The van der Waals surface area contributed by atoms with E-state index in [0.717, 1.165) is 24.8 Å². The van der Waals surface area contributed by atoms with E-state index >= 15 is 0 Å². The molecular weight excluding hydrogens is 196 g/mol. The summed E-state index contributed by atoms with van der Waals surface area (Å²) < 4.78 is 0. The molecule has 0 heterocycles. The van der Waals surface area contributed by atoms with Crippen LogP contribution in [0.25, 0.3) is 0 Å². The first-order valence-corrected chi connectivity index (χ1v) is 6.24. The van der Waals surface area contributed by atoms with Gasteiger partial charge in [-0.1, -0.05) is 41.9 Å². The fraction of sp³-hybridized carbons (Fsp3) is 0.600. The van der Waals surface area contributed by atoms with Gasteiger partial charge in [0.25, 0.3) is 0 Å². The molecule has 1 N–H and O–H groups in total. The Bertz CT molecular complexity index is 307. The summed E-state index contributed by atoms with van der Waals surface area (Å²) in [5.74, 6) is 0.673. The van der Waals surface area contributed by atoms with E-state index < -0.39 is 0 Å². The van der Waals surface area contributed by atoms with Gasteiger partial charge in [0.15, 0.2) is 0 Å². The van der Waals surface area contributed by atoms with Crippen molar-refractivity contribution in [3.8, 4) is 0 Å². The lowest BCUT2D eigenvalue weighted by atomic mass is 9.88. The largest absolute Gasteiger partial charge is 0.392 e. The number of rotatable bonds is 5. The topological polar surface area (TPSA) is 20.2 Å². The molecule has 0 unspecified atom stereocenters. The van der Waals surface area contributed by atoms with E-state index in [4.69, 9.17) is 5.11 Å². The van der Waals surface area contributed by atoms with Crippen LogP contribution in [0.2, 0.25) is 0 Å². The zero-order valence-corrected chi connectivity index (χ0v) is 10.8. The van der Waals surface area contributed by atoms with Crippen LogP contribution < -0.4 is 0 Å². The lowest BCUT2D eigenvalue weighted by Crippen LogP contribution is -2.02. The molecule has 0 bridgehead atoms. The third-order valence-electron chi connectivity index (χ3n) is 3.35. The number of allylic oxidation sites excluding steroid dienone is 5. The third-order valence-corrected chi connectivity index (χ3v) is 3.35. The molecule has 0 fully saturated rings. The van der Waals surface area contributed by atoms with Crippen LogP contribution in [0.15, 0.2) is 34.9 Å². The molecule has 1 aliphatic rings. The highest BCUT2D eigenvalue weighted by Crippen LogP contribution is 2.26. The molecular formula is C15H24O. The summed E-state index contributed by atoms with van der Waals surface area (Å²) in [4.78, 5) is 0. The molecule has 0 spiro atoms. The van der Waals surface area contributed by atoms with Crippen molar-refractivity contribution in [2.75, 3.05) is 6.61 Å². The van der Waals surface area contributed by atoms with Gasteiger partial charge in [0.1, 0.15) is 0 Å². The molecule has 0 aliphatic heterocycles. The summed E-state index contributed by atoms with van der Waals surface area (Å²) in [6.07, 6.45) is 11.4. The second kappa shape index (κ2) is 6.70. The van der Waals surface area contributed by atoms with Gasteiger partial charge in [-0.3, -0.25) is 0 Å². The van der Waals surface area contributed by atoms with Crippen molar-refractivity contribution >= 4 is 0 Å². The minimum Gasteiger partial charge on any atom is -0.392 e. The Kier molecular flexibility index (Phi) is 5.54. The number of hydrogen-bond donors (Lipinski definition) is 1. The smallest absolute Gasteiger partial charge is 0.0639 e. The number of hydrogen-bond acceptors (Lipinski definition) is 1. The zero-order valence-electron chi connectivity index (χ0n) is 10.8. The van der Waals surface area contributed by atoms with Gasteiger partial charge < -0.3 is 5.11 Å². The van der Waals surface area contributed by atoms with Crippen LogP contribution >= 0.6 is 0 Å². The summed E-state index contributed by atoms with van der Waals surface area (Å²) in [6.45, 7) is 6.68. The lowest BCUT2D eigenvalue weighted by molar-refractivity contribution is 0.330. The van der Waals surface area contributed by atoms with Crippen LogP contribution in [0.5, 0.6) is 0 Å². The average molecular weight is 220 g/mol. The Balaban J connectivity index is 2.34. The molecule has 16 heavy (non-hydrogen) atoms. The summed E-state index contributed by atoms with van der Waals surface area (Å²) in [5, 5.41) is 8.89. The highest BCUT2D eigenvalue weighted by molar-refractivity contribution is 5.21. The summed E-state index contributed by atoms with van der Waals surface area (Å²) in [5.41, 5.74) is 4.16. The Morgan fingerprint density at radius 2 is 2.19 bits per heavy atom. The van der Waals surface area contributed by atoms with Crippen LogP contribution in [0.3, 0.4) is 0 Å². The molecule has 0 radical (unpaired) electrons. The minimum atomic E-state index is 0.193. The first-order chi connectivity index (χ1) is 7.63. The van der Waals surface area contributed by atoms with Gasteiger partial charge in [-0.15, -0.1) is 0 Å². The van der Waals surface area contributed by atoms with Crippen LogP contribution in [0.1, 0.15) is 46.5 Å². The number of aliphatic hydroxyl groups excluding tert-OH is 1. The highest BCUT2D eigenvalue weighted by Gasteiger charge is 2.09. The summed E-state index contributed by atoms with van der Waals surface area (Å²) in [6, 6.07) is 0. The molecule has 0 aromatic carbocycles. The molecule has 0 aromatic rings. The van der Waals surface area contributed by atoms with Gasteiger partial charge in [0.05, 0.1) is 6.61 Å². The van der Waals surface area contributed by atoms with Crippen molar-refractivity contribution in [1.82, 2.24) is 0 Å². The molecule has 1 atom stereocenters. The Hall–Kier alpha value is -0.820. The standard InChI is InChI=1S/C15H24O/c1-12-7-9-15(10-8-12)14(3)6-4-5-13(2)11-16/h5,7,10,14,16H,4,6,8-9,11H2,1-3H3/b13-5-/t14-/m1/s1. The molecule has 90 valence electrons. The molecule has 0 amide bonds. The minimum absolute atomic E-state index is 0.193. The maximum Gasteiger partial charge on any atom is 0.0639 e. The van der Waals surface area contributed by atoms with Crippen LogP contribution in [-0.4, -0.2) is 11.7 Å². The normalized spacial score (nSPS) is 19.1. The molecule has 1 nitrogen and oxygen atoms in total. The fourth-order valence-corrected chi connectivity index (χ4v) is 1.98. The predicted octanol–water partition coefficient (Wildman–Crippen LogP) is 4.01. The lowest BCUT2D eigenvalue weighted by Gasteiger charge is -2.18. The second-order valence-electron chi connectivity index (χ2n) is 4.92. The molecule has 0 aromatic heterocycles. The molecule has 1 aliphatic carbocycles. The monoisotopic (exact) mass is 220 g/mol. The Morgan fingerprint density at radius 3 is 2.75 bits per heavy atom. The van der Waals surface area contributed by atoms with Gasteiger partial charge in [-0.05, 0) is 45.4 Å². The SMILES string of the molecule is CC1=CCC([C@H](C)CC/C=C(/C)CO)=CC1. The summed E-state index contributed by atoms with van der Waals surface area (Å²) in [7, 11) is 0. The quantitative estimate of drug-likeness (QED) is 0.694. The third kappa shape index (κ3) is 4.36. The van der Waals surface area contributed by atoms with Crippen molar-refractivity contribution in [1.29, 1.82) is 0 Å². The second-order valence-corrected chi connectivity index (χ2v) is 4.92. The van der Waals surface area contributed by atoms with E-state index in [1.807, 2.05) is 6.92 Å². The van der Waals surface area contributed by atoms with Gasteiger partial charge in [-0.25, -0.2) is 0 Å². The van der Waals surface area contributed by atoms with Gasteiger partial charge >= 0.3 is 0 Å². The van der Waals surface area contributed by atoms with E-state index in [-0.39, 0.29) is 6.61 Å². The van der Waals surface area contributed by atoms with E-state index in [1.165, 1.54) is 12.0 Å². The van der Waals surface area contributed by atoms with E-state index in [1.54, 1.807) is 5.57 Å². The highest BCUT2D eigenvalue weighted by atomic mass is 16.3. The van der Waals surface area contributed by atoms with E-state index in [0.29, 0.717) is 5.92 Å². The van der Waals surface area contributed by atoms with Crippen molar-refractivity contribution in [3.05, 3.63) is 34.9 Å². The predicted molar refractivity (Wildman–Crippen MR) is 70.3 cm³/mol. The van der Waals surface area contributed by atoms with E-state index in [2.05, 4.69) is 32.1 Å². The number of aliphatic hydroxyl groups is 1. The van der Waals surface area contributed by atoms with Crippen molar-refractivity contribution in [2.24, 2.45) is 5.92 Å². The molecule has 1 heteroatoms. The van der Waals surface area contributed by atoms with E-state index in [9.17, 15) is 0 Å². The fourth-order valence-electron chi connectivity index (χ4n) is 1.98. The first-order valence-electron chi connectivity index (χ1n) is 6.24. The molecule has 0 saturated heterocycles. The van der Waals surface area contributed by atoms with Gasteiger partial charge in [0.2, 0.25) is 0 Å². The Labute approximate surface area is 99.6 Å². The molecule has 1 rings (SSSR count). The van der Waals surface area contributed by atoms with Gasteiger partial charge in [0, 0.05) is 0 Å².